The highest BCUT2D eigenvalue weighted by Gasteiger charge is 2.11. The van der Waals surface area contributed by atoms with Gasteiger partial charge in [0.05, 0.1) is 11.9 Å². The molecule has 0 aliphatic rings. The Morgan fingerprint density at radius 1 is 1.42 bits per heavy atom. The summed E-state index contributed by atoms with van der Waals surface area (Å²) in [6, 6.07) is 0. The molecule has 0 atom stereocenters. The molecule has 0 bridgehead atoms. The lowest BCUT2D eigenvalue weighted by Gasteiger charge is -2.21. The fraction of sp³-hybridized carbons (Fsp3) is 0.500. The first-order chi connectivity index (χ1) is 5.49. The molecule has 0 aliphatic carbocycles. The molecule has 0 aromatic carbocycles. The van der Waals surface area contributed by atoms with Crippen molar-refractivity contribution in [3.05, 3.63) is 12.5 Å². The van der Waals surface area contributed by atoms with Crippen LogP contribution in [0.5, 0.6) is 0 Å². The number of anilines is 2. The molecule has 1 aromatic rings. The Bertz CT molecular complexity index is 264. The van der Waals surface area contributed by atoms with E-state index in [-0.39, 0.29) is 5.54 Å². The van der Waals surface area contributed by atoms with E-state index in [0.717, 1.165) is 0 Å². The number of nitrogens with zero attached hydrogens (tertiary/aromatic N) is 2. The number of nitrogens with two attached hydrogens (primary N) is 1. The molecule has 0 spiro atoms. The maximum Gasteiger partial charge on any atom is 0.153 e. The van der Waals surface area contributed by atoms with E-state index in [2.05, 4.69) is 36.1 Å². The second-order valence-electron chi connectivity index (χ2n) is 3.70. The third-order valence-corrected chi connectivity index (χ3v) is 1.23. The summed E-state index contributed by atoms with van der Waals surface area (Å²) < 4.78 is 0. The lowest BCUT2D eigenvalue weighted by atomic mass is 10.1. The molecule has 4 heteroatoms. The van der Waals surface area contributed by atoms with Crippen LogP contribution >= 0.6 is 0 Å². The molecule has 0 radical (unpaired) electrons. The molecule has 4 nitrogen and oxygen atoms in total. The Kier molecular flexibility index (Phi) is 2.17. The van der Waals surface area contributed by atoms with E-state index in [1.807, 2.05) is 0 Å². The molecule has 0 unspecified atom stereocenters. The minimum atomic E-state index is -0.0253. The van der Waals surface area contributed by atoms with Gasteiger partial charge in [-0.3, -0.25) is 0 Å². The predicted molar refractivity (Wildman–Crippen MR) is 49.8 cm³/mol. The van der Waals surface area contributed by atoms with Gasteiger partial charge in [0, 0.05) is 5.54 Å². The number of hydrogen-bond acceptors (Lipinski definition) is 4. The summed E-state index contributed by atoms with van der Waals surface area (Å²) in [5.41, 5.74) is 6.19. The van der Waals surface area contributed by atoms with E-state index in [4.69, 9.17) is 5.73 Å². The van der Waals surface area contributed by atoms with Gasteiger partial charge < -0.3 is 11.1 Å². The molecule has 1 aromatic heterocycles. The zero-order chi connectivity index (χ0) is 9.19. The molecule has 0 saturated carbocycles. The van der Waals surface area contributed by atoms with Crippen LogP contribution < -0.4 is 11.1 Å². The topological polar surface area (TPSA) is 63.8 Å². The van der Waals surface area contributed by atoms with E-state index in [1.165, 1.54) is 6.33 Å². The summed E-state index contributed by atoms with van der Waals surface area (Å²) >= 11 is 0. The first kappa shape index (κ1) is 8.77. The highest BCUT2D eigenvalue weighted by Crippen LogP contribution is 2.16. The number of rotatable bonds is 1. The van der Waals surface area contributed by atoms with Crippen molar-refractivity contribution in [1.29, 1.82) is 0 Å². The smallest absolute Gasteiger partial charge is 0.153 e. The maximum absolute atomic E-state index is 5.64. The molecular weight excluding hydrogens is 152 g/mol. The number of aromatic nitrogens is 2. The number of nitrogen functional groups attached to an aromatic ring is 1. The summed E-state index contributed by atoms with van der Waals surface area (Å²) in [5, 5.41) is 3.17. The summed E-state index contributed by atoms with van der Waals surface area (Å²) in [4.78, 5) is 7.82. The monoisotopic (exact) mass is 166 g/mol. The molecule has 1 heterocycles. The first-order valence-electron chi connectivity index (χ1n) is 3.83. The van der Waals surface area contributed by atoms with Gasteiger partial charge in [0.25, 0.3) is 0 Å². The third-order valence-electron chi connectivity index (χ3n) is 1.23. The van der Waals surface area contributed by atoms with Crippen LogP contribution in [0.2, 0.25) is 0 Å². The van der Waals surface area contributed by atoms with Crippen molar-refractivity contribution in [3.63, 3.8) is 0 Å². The summed E-state index contributed by atoms with van der Waals surface area (Å²) in [7, 11) is 0. The minimum absolute atomic E-state index is 0.0253. The van der Waals surface area contributed by atoms with Crippen LogP contribution in [0.25, 0.3) is 0 Å². The van der Waals surface area contributed by atoms with Crippen LogP contribution in [0.3, 0.4) is 0 Å². The molecule has 12 heavy (non-hydrogen) atoms. The zero-order valence-electron chi connectivity index (χ0n) is 7.63. The van der Waals surface area contributed by atoms with Gasteiger partial charge in [-0.2, -0.15) is 0 Å². The highest BCUT2D eigenvalue weighted by atomic mass is 15.1. The average molecular weight is 166 g/mol. The maximum atomic E-state index is 5.64. The first-order valence-corrected chi connectivity index (χ1v) is 3.83. The van der Waals surface area contributed by atoms with Gasteiger partial charge in [-0.05, 0) is 20.8 Å². The Morgan fingerprint density at radius 2 is 2.08 bits per heavy atom. The highest BCUT2D eigenvalue weighted by molar-refractivity contribution is 5.59. The van der Waals surface area contributed by atoms with E-state index in [0.29, 0.717) is 11.5 Å². The fourth-order valence-electron chi connectivity index (χ4n) is 0.800. The Labute approximate surface area is 72.2 Å². The van der Waals surface area contributed by atoms with Gasteiger partial charge >= 0.3 is 0 Å². The second kappa shape index (κ2) is 2.97. The Hall–Kier alpha value is -1.32. The van der Waals surface area contributed by atoms with Gasteiger partial charge in [0.1, 0.15) is 6.33 Å². The van der Waals surface area contributed by atoms with Gasteiger partial charge in [-0.15, -0.1) is 0 Å². The number of hydrogen-bond donors (Lipinski definition) is 2. The molecule has 3 N–H and O–H groups in total. The van der Waals surface area contributed by atoms with Gasteiger partial charge in [0.15, 0.2) is 5.82 Å². The Balaban J connectivity index is 2.83. The van der Waals surface area contributed by atoms with Crippen LogP contribution in [-0.2, 0) is 0 Å². The molecule has 0 fully saturated rings. The van der Waals surface area contributed by atoms with Crippen LogP contribution in [0.4, 0.5) is 11.5 Å². The van der Waals surface area contributed by atoms with Crippen molar-refractivity contribution in [2.45, 2.75) is 26.3 Å². The molecule has 0 aliphatic heterocycles. The standard InChI is InChI=1S/C8H14N4/c1-8(2,3)12-7-6(9)4-10-5-11-7/h4-5H,9H2,1-3H3,(H,10,11,12). The van der Waals surface area contributed by atoms with E-state index >= 15 is 0 Å². The minimum Gasteiger partial charge on any atom is -0.394 e. The lowest BCUT2D eigenvalue weighted by molar-refractivity contribution is 0.630. The van der Waals surface area contributed by atoms with Gasteiger partial charge in [-0.25, -0.2) is 9.97 Å². The van der Waals surface area contributed by atoms with Crippen molar-refractivity contribution in [3.8, 4) is 0 Å². The van der Waals surface area contributed by atoms with Crippen molar-refractivity contribution in [2.75, 3.05) is 11.1 Å². The van der Waals surface area contributed by atoms with E-state index in [1.54, 1.807) is 6.20 Å². The largest absolute Gasteiger partial charge is 0.394 e. The molecule has 66 valence electrons. The SMILES string of the molecule is CC(C)(C)Nc1ncncc1N. The summed E-state index contributed by atoms with van der Waals surface area (Å²) in [6.07, 6.45) is 3.06. The molecule has 1 rings (SSSR count). The van der Waals surface area contributed by atoms with Crippen molar-refractivity contribution < 1.29 is 0 Å². The molecular formula is C8H14N4. The van der Waals surface area contributed by atoms with Crippen LogP contribution in [0, 0.1) is 0 Å². The predicted octanol–water partition coefficient (Wildman–Crippen LogP) is 1.27. The fourth-order valence-corrected chi connectivity index (χ4v) is 0.800. The van der Waals surface area contributed by atoms with Crippen molar-refractivity contribution in [2.24, 2.45) is 0 Å². The Morgan fingerprint density at radius 3 is 2.58 bits per heavy atom. The van der Waals surface area contributed by atoms with Crippen LogP contribution in [-0.4, -0.2) is 15.5 Å². The quantitative estimate of drug-likeness (QED) is 0.659. The average Bonchev–Trinajstić information content (AvgIpc) is 1.91. The summed E-state index contributed by atoms with van der Waals surface area (Å²) in [5.74, 6) is 0.692. The van der Waals surface area contributed by atoms with Crippen LogP contribution in [0.15, 0.2) is 12.5 Å². The number of nitrogens with one attached hydrogen (secondary N) is 1. The normalized spacial score (nSPS) is 11.2. The zero-order valence-corrected chi connectivity index (χ0v) is 7.63. The second-order valence-corrected chi connectivity index (χ2v) is 3.70. The molecule has 0 amide bonds. The lowest BCUT2D eigenvalue weighted by Crippen LogP contribution is -2.27. The van der Waals surface area contributed by atoms with Gasteiger partial charge in [-0.1, -0.05) is 0 Å². The van der Waals surface area contributed by atoms with E-state index < -0.39 is 0 Å². The summed E-state index contributed by atoms with van der Waals surface area (Å²) in [6.45, 7) is 6.15. The van der Waals surface area contributed by atoms with Crippen molar-refractivity contribution in [1.82, 2.24) is 9.97 Å². The van der Waals surface area contributed by atoms with Crippen molar-refractivity contribution >= 4 is 11.5 Å². The third kappa shape index (κ3) is 2.38. The van der Waals surface area contributed by atoms with E-state index in [9.17, 15) is 0 Å². The van der Waals surface area contributed by atoms with Gasteiger partial charge in [0.2, 0.25) is 0 Å². The van der Waals surface area contributed by atoms with Crippen LogP contribution in [0.1, 0.15) is 20.8 Å². The molecule has 0 saturated heterocycles.